The van der Waals surface area contributed by atoms with Crippen molar-refractivity contribution in [3.63, 3.8) is 0 Å². The van der Waals surface area contributed by atoms with Crippen molar-refractivity contribution in [2.24, 2.45) is 0 Å². The maximum atomic E-state index is 12.7. The molecule has 0 aliphatic carbocycles. The van der Waals surface area contributed by atoms with Crippen LogP contribution in [-0.4, -0.2) is 55.1 Å². The molecule has 1 amide bonds. The second-order valence-corrected chi connectivity index (χ2v) is 8.93. The van der Waals surface area contributed by atoms with Crippen LogP contribution in [-0.2, 0) is 31.7 Å². The number of thioether (sulfide) groups is 1. The molecule has 1 aromatic carbocycles. The molecule has 8 nitrogen and oxygen atoms in total. The minimum absolute atomic E-state index is 0.143. The summed E-state index contributed by atoms with van der Waals surface area (Å²) in [6, 6.07) is 6.67. The van der Waals surface area contributed by atoms with E-state index in [1.165, 1.54) is 11.8 Å². The molecule has 10 heteroatoms. The summed E-state index contributed by atoms with van der Waals surface area (Å²) in [4.78, 5) is 12.1. The number of nitrogens with one attached hydrogen (secondary N) is 1. The molecule has 0 saturated carbocycles. The van der Waals surface area contributed by atoms with Crippen LogP contribution >= 0.6 is 11.8 Å². The zero-order valence-electron chi connectivity index (χ0n) is 15.9. The lowest BCUT2D eigenvalue weighted by Gasteiger charge is -2.09. The van der Waals surface area contributed by atoms with Gasteiger partial charge < -0.3 is 14.6 Å². The molecule has 0 atom stereocenters. The molecule has 1 aromatic heterocycles. The van der Waals surface area contributed by atoms with E-state index >= 15 is 0 Å². The molecule has 1 heterocycles. The van der Waals surface area contributed by atoms with E-state index in [1.807, 2.05) is 6.92 Å². The number of hydrogen-bond acceptors (Lipinski definition) is 7. The summed E-state index contributed by atoms with van der Waals surface area (Å²) in [5.41, 5.74) is 0.983. The fourth-order valence-corrected chi connectivity index (χ4v) is 4.39. The summed E-state index contributed by atoms with van der Waals surface area (Å²) < 4.78 is 31.9. The Labute approximate surface area is 169 Å². The van der Waals surface area contributed by atoms with Gasteiger partial charge in [0.15, 0.2) is 15.0 Å². The fraction of sp³-hybridized carbons (Fsp3) is 0.389. The highest BCUT2D eigenvalue weighted by atomic mass is 32.2. The SMILES string of the molecule is C=CCn1c(CS(=O)(=O)c2ccc(C)cc2)nnc1SCC(=O)NCCOC. The van der Waals surface area contributed by atoms with Crippen LogP contribution in [0.2, 0.25) is 0 Å². The standard InChI is InChI=1S/C18H24N4O4S2/c1-4-10-22-16(13-28(24,25)15-7-5-14(2)6-8-15)20-21-18(22)27-12-17(23)19-9-11-26-3/h4-8H,1,9-13H2,2-3H3,(H,19,23). The van der Waals surface area contributed by atoms with E-state index in [4.69, 9.17) is 4.74 Å². The molecule has 152 valence electrons. The molecule has 0 aliphatic rings. The van der Waals surface area contributed by atoms with Crippen molar-refractivity contribution in [1.29, 1.82) is 0 Å². The largest absolute Gasteiger partial charge is 0.383 e. The van der Waals surface area contributed by atoms with Crippen LogP contribution in [0.25, 0.3) is 0 Å². The summed E-state index contributed by atoms with van der Waals surface area (Å²) in [7, 11) is -2.00. The number of aryl methyl sites for hydroxylation is 1. The molecule has 0 fully saturated rings. The lowest BCUT2D eigenvalue weighted by Crippen LogP contribution is -2.28. The first-order valence-corrected chi connectivity index (χ1v) is 11.2. The van der Waals surface area contributed by atoms with Crippen molar-refractivity contribution in [2.75, 3.05) is 26.0 Å². The van der Waals surface area contributed by atoms with E-state index in [0.29, 0.717) is 30.7 Å². The third kappa shape index (κ3) is 6.18. The van der Waals surface area contributed by atoms with E-state index in [2.05, 4.69) is 22.1 Å². The van der Waals surface area contributed by atoms with Gasteiger partial charge in [0, 0.05) is 20.2 Å². The van der Waals surface area contributed by atoms with Gasteiger partial charge in [-0.2, -0.15) is 0 Å². The van der Waals surface area contributed by atoms with Crippen LogP contribution in [0.5, 0.6) is 0 Å². The monoisotopic (exact) mass is 424 g/mol. The molecule has 2 aromatic rings. The van der Waals surface area contributed by atoms with E-state index in [-0.39, 0.29) is 22.3 Å². The van der Waals surface area contributed by atoms with E-state index in [1.54, 1.807) is 42.0 Å². The third-order valence-electron chi connectivity index (χ3n) is 3.77. The van der Waals surface area contributed by atoms with Crippen molar-refractivity contribution in [1.82, 2.24) is 20.1 Å². The first kappa shape index (κ1) is 22.1. The van der Waals surface area contributed by atoms with Crippen molar-refractivity contribution in [3.05, 3.63) is 48.3 Å². The van der Waals surface area contributed by atoms with Crippen LogP contribution in [0.15, 0.2) is 47.0 Å². The Bertz CT molecular complexity index is 908. The lowest BCUT2D eigenvalue weighted by molar-refractivity contribution is -0.118. The zero-order chi connectivity index (χ0) is 20.6. The maximum absolute atomic E-state index is 12.7. The Balaban J connectivity index is 2.12. The van der Waals surface area contributed by atoms with Gasteiger partial charge in [-0.25, -0.2) is 8.42 Å². The summed E-state index contributed by atoms with van der Waals surface area (Å²) in [6.45, 7) is 6.80. The number of methoxy groups -OCH3 is 1. The number of rotatable bonds is 11. The second kappa shape index (κ2) is 10.4. The minimum Gasteiger partial charge on any atom is -0.383 e. The van der Waals surface area contributed by atoms with Gasteiger partial charge in [-0.05, 0) is 19.1 Å². The second-order valence-electron chi connectivity index (χ2n) is 6.00. The van der Waals surface area contributed by atoms with Crippen molar-refractivity contribution >= 4 is 27.5 Å². The number of benzene rings is 1. The zero-order valence-corrected chi connectivity index (χ0v) is 17.6. The van der Waals surface area contributed by atoms with Crippen LogP contribution in [0, 0.1) is 6.92 Å². The van der Waals surface area contributed by atoms with Gasteiger partial charge in [-0.3, -0.25) is 4.79 Å². The number of hydrogen-bond donors (Lipinski definition) is 1. The summed E-state index contributed by atoms with van der Waals surface area (Å²) in [5, 5.41) is 11.3. The highest BCUT2D eigenvalue weighted by Crippen LogP contribution is 2.21. The Kier molecular flexibility index (Phi) is 8.21. The predicted octanol–water partition coefficient (Wildman–Crippen LogP) is 1.60. The van der Waals surface area contributed by atoms with Gasteiger partial charge >= 0.3 is 0 Å². The average Bonchev–Trinajstić information content (AvgIpc) is 3.02. The highest BCUT2D eigenvalue weighted by molar-refractivity contribution is 7.99. The van der Waals surface area contributed by atoms with Crippen molar-refractivity contribution < 1.29 is 17.9 Å². The van der Waals surface area contributed by atoms with Crippen LogP contribution in [0.1, 0.15) is 11.4 Å². The molecule has 0 radical (unpaired) electrons. The Morgan fingerprint density at radius 1 is 1.32 bits per heavy atom. The number of sulfone groups is 1. The van der Waals surface area contributed by atoms with Crippen molar-refractivity contribution in [3.8, 4) is 0 Å². The minimum atomic E-state index is -3.56. The quantitative estimate of drug-likeness (QED) is 0.332. The van der Waals surface area contributed by atoms with Gasteiger partial charge in [0.05, 0.1) is 17.3 Å². The number of ether oxygens (including phenoxy) is 1. The maximum Gasteiger partial charge on any atom is 0.230 e. The number of amides is 1. The smallest absolute Gasteiger partial charge is 0.230 e. The molecular weight excluding hydrogens is 400 g/mol. The van der Waals surface area contributed by atoms with E-state index < -0.39 is 9.84 Å². The molecule has 0 bridgehead atoms. The van der Waals surface area contributed by atoms with Gasteiger partial charge in [0.2, 0.25) is 5.91 Å². The molecule has 0 saturated heterocycles. The van der Waals surface area contributed by atoms with Crippen molar-refractivity contribution in [2.45, 2.75) is 29.3 Å². The average molecular weight is 425 g/mol. The van der Waals surface area contributed by atoms with Gasteiger partial charge in [0.25, 0.3) is 0 Å². The van der Waals surface area contributed by atoms with Gasteiger partial charge in [-0.1, -0.05) is 35.5 Å². The Hall–Kier alpha value is -2.17. The van der Waals surface area contributed by atoms with Crippen LogP contribution < -0.4 is 5.32 Å². The topological polar surface area (TPSA) is 103 Å². The summed E-state index contributed by atoms with van der Waals surface area (Å²) >= 11 is 1.19. The number of aromatic nitrogens is 3. The third-order valence-corrected chi connectivity index (χ3v) is 6.36. The highest BCUT2D eigenvalue weighted by Gasteiger charge is 2.21. The summed E-state index contributed by atoms with van der Waals surface area (Å²) in [5.74, 6) is 0.00748. The number of carbonyl (C=O) groups is 1. The van der Waals surface area contributed by atoms with Gasteiger partial charge in [0.1, 0.15) is 11.6 Å². The first-order chi connectivity index (χ1) is 13.4. The fourth-order valence-electron chi connectivity index (χ4n) is 2.32. The summed E-state index contributed by atoms with van der Waals surface area (Å²) in [6.07, 6.45) is 1.63. The molecule has 0 spiro atoms. The Morgan fingerprint density at radius 3 is 2.68 bits per heavy atom. The number of allylic oxidation sites excluding steroid dienone is 1. The molecular formula is C18H24N4O4S2. The molecule has 28 heavy (non-hydrogen) atoms. The number of carbonyl (C=O) groups excluding carboxylic acids is 1. The van der Waals surface area contributed by atoms with E-state index in [0.717, 1.165) is 5.56 Å². The molecule has 1 N–H and O–H groups in total. The first-order valence-electron chi connectivity index (χ1n) is 8.58. The molecule has 2 rings (SSSR count). The molecule has 0 unspecified atom stereocenters. The van der Waals surface area contributed by atoms with Crippen LogP contribution in [0.3, 0.4) is 0 Å². The normalized spacial score (nSPS) is 11.4. The van der Waals surface area contributed by atoms with E-state index in [9.17, 15) is 13.2 Å². The lowest BCUT2D eigenvalue weighted by atomic mass is 10.2. The Morgan fingerprint density at radius 2 is 2.04 bits per heavy atom. The predicted molar refractivity (Wildman–Crippen MR) is 108 cm³/mol. The number of nitrogens with zero attached hydrogens (tertiary/aromatic N) is 3. The van der Waals surface area contributed by atoms with Crippen LogP contribution in [0.4, 0.5) is 0 Å². The molecule has 0 aliphatic heterocycles. The van der Waals surface area contributed by atoms with Gasteiger partial charge in [-0.15, -0.1) is 16.8 Å².